The number of thiazole rings is 1. The Morgan fingerprint density at radius 1 is 1.04 bits per heavy atom. The first-order valence-electron chi connectivity index (χ1n) is 7.49. The van der Waals surface area contributed by atoms with Gasteiger partial charge in [-0.2, -0.15) is 0 Å². The van der Waals surface area contributed by atoms with E-state index in [2.05, 4.69) is 15.6 Å². The predicted molar refractivity (Wildman–Crippen MR) is 101 cm³/mol. The zero-order valence-corrected chi connectivity index (χ0v) is 14.9. The Hall–Kier alpha value is -2.52. The highest BCUT2D eigenvalue weighted by molar-refractivity contribution is 8.00. The van der Waals surface area contributed by atoms with Gasteiger partial charge in [0.05, 0.1) is 27.4 Å². The van der Waals surface area contributed by atoms with Gasteiger partial charge in [-0.25, -0.2) is 13.8 Å². The standard InChI is InChI=1S/C17H13F2N3O2S2/c18-10-5-6-13-14(7-10)26-17(21-13)22-16(24)9-25-8-15(23)20-12-4-2-1-3-11(12)19/h1-7H,8-9H2,(H,20,23)(H,21,22,24). The molecule has 0 saturated carbocycles. The lowest BCUT2D eigenvalue weighted by molar-refractivity contribution is -0.114. The molecule has 0 radical (unpaired) electrons. The van der Waals surface area contributed by atoms with E-state index in [0.717, 1.165) is 11.8 Å². The summed E-state index contributed by atoms with van der Waals surface area (Å²) in [6.45, 7) is 0. The molecule has 0 bridgehead atoms. The first kappa shape index (κ1) is 18.3. The number of nitrogens with zero attached hydrogens (tertiary/aromatic N) is 1. The number of nitrogens with one attached hydrogen (secondary N) is 2. The first-order valence-corrected chi connectivity index (χ1v) is 9.46. The summed E-state index contributed by atoms with van der Waals surface area (Å²) in [5, 5.41) is 5.43. The number of benzene rings is 2. The van der Waals surface area contributed by atoms with E-state index in [0.29, 0.717) is 15.3 Å². The van der Waals surface area contributed by atoms with Gasteiger partial charge in [-0.3, -0.25) is 9.59 Å². The van der Waals surface area contributed by atoms with Crippen LogP contribution in [0.25, 0.3) is 10.2 Å². The normalized spacial score (nSPS) is 10.7. The van der Waals surface area contributed by atoms with Crippen molar-refractivity contribution in [1.29, 1.82) is 0 Å². The summed E-state index contributed by atoms with van der Waals surface area (Å²) in [5.74, 6) is -1.56. The molecule has 0 aliphatic carbocycles. The Labute approximate surface area is 155 Å². The third kappa shape index (κ3) is 4.77. The highest BCUT2D eigenvalue weighted by Gasteiger charge is 2.11. The number of hydrogen-bond acceptors (Lipinski definition) is 5. The number of carbonyl (C=O) groups excluding carboxylic acids is 2. The molecule has 0 atom stereocenters. The van der Waals surface area contributed by atoms with Crippen LogP contribution in [0.3, 0.4) is 0 Å². The molecule has 5 nitrogen and oxygen atoms in total. The fourth-order valence-corrected chi connectivity index (χ4v) is 3.62. The second-order valence-electron chi connectivity index (χ2n) is 5.20. The van der Waals surface area contributed by atoms with E-state index in [1.54, 1.807) is 12.1 Å². The van der Waals surface area contributed by atoms with Crippen LogP contribution in [0.1, 0.15) is 0 Å². The van der Waals surface area contributed by atoms with Crippen molar-refractivity contribution in [2.24, 2.45) is 0 Å². The molecule has 3 aromatic rings. The Kier molecular flexibility index (Phi) is 5.79. The van der Waals surface area contributed by atoms with Gasteiger partial charge in [0.15, 0.2) is 5.13 Å². The molecule has 2 amide bonds. The number of hydrogen-bond donors (Lipinski definition) is 2. The van der Waals surface area contributed by atoms with Crippen molar-refractivity contribution in [3.8, 4) is 0 Å². The average Bonchev–Trinajstić information content (AvgIpc) is 2.98. The van der Waals surface area contributed by atoms with Crippen LogP contribution in [0, 0.1) is 11.6 Å². The summed E-state index contributed by atoms with van der Waals surface area (Å²) < 4.78 is 27.2. The van der Waals surface area contributed by atoms with Gasteiger partial charge in [0, 0.05) is 0 Å². The van der Waals surface area contributed by atoms with E-state index >= 15 is 0 Å². The summed E-state index contributed by atoms with van der Waals surface area (Å²) in [6, 6.07) is 10.0. The molecule has 2 aromatic carbocycles. The van der Waals surface area contributed by atoms with Gasteiger partial charge in [0.1, 0.15) is 11.6 Å². The van der Waals surface area contributed by atoms with Crippen molar-refractivity contribution in [3.63, 3.8) is 0 Å². The van der Waals surface area contributed by atoms with Crippen molar-refractivity contribution < 1.29 is 18.4 Å². The predicted octanol–water partition coefficient (Wildman–Crippen LogP) is 3.88. The molecule has 0 spiro atoms. The SMILES string of the molecule is O=C(CSCC(=O)Nc1ccccc1F)Nc1nc2ccc(F)cc2s1. The second kappa shape index (κ2) is 8.24. The maximum absolute atomic E-state index is 13.4. The number of amides is 2. The minimum Gasteiger partial charge on any atom is -0.323 e. The third-order valence-electron chi connectivity index (χ3n) is 3.21. The number of rotatable bonds is 6. The highest BCUT2D eigenvalue weighted by atomic mass is 32.2. The van der Waals surface area contributed by atoms with Gasteiger partial charge >= 0.3 is 0 Å². The number of fused-ring (bicyclic) bond motifs is 1. The Bertz CT molecular complexity index is 962. The molecular weight excluding hydrogens is 380 g/mol. The van der Waals surface area contributed by atoms with Crippen LogP contribution in [0.2, 0.25) is 0 Å². The zero-order valence-electron chi connectivity index (χ0n) is 13.3. The van der Waals surface area contributed by atoms with E-state index in [4.69, 9.17) is 0 Å². The summed E-state index contributed by atoms with van der Waals surface area (Å²) in [7, 11) is 0. The Morgan fingerprint density at radius 3 is 2.54 bits per heavy atom. The maximum Gasteiger partial charge on any atom is 0.236 e. The number of aromatic nitrogens is 1. The lowest BCUT2D eigenvalue weighted by Crippen LogP contribution is -2.18. The topological polar surface area (TPSA) is 71.1 Å². The molecule has 0 unspecified atom stereocenters. The molecule has 0 fully saturated rings. The first-order chi connectivity index (χ1) is 12.5. The molecule has 134 valence electrons. The lowest BCUT2D eigenvalue weighted by Gasteiger charge is -2.06. The minimum atomic E-state index is -0.518. The summed E-state index contributed by atoms with van der Waals surface area (Å²) >= 11 is 2.26. The van der Waals surface area contributed by atoms with Crippen LogP contribution < -0.4 is 10.6 Å². The smallest absolute Gasteiger partial charge is 0.236 e. The molecule has 0 aliphatic rings. The van der Waals surface area contributed by atoms with Gasteiger partial charge in [-0.15, -0.1) is 11.8 Å². The number of anilines is 2. The van der Waals surface area contributed by atoms with Crippen LogP contribution >= 0.6 is 23.1 Å². The van der Waals surface area contributed by atoms with Gasteiger partial charge < -0.3 is 10.6 Å². The second-order valence-corrected chi connectivity index (χ2v) is 7.22. The largest absolute Gasteiger partial charge is 0.323 e. The van der Waals surface area contributed by atoms with Gasteiger partial charge in [0.25, 0.3) is 0 Å². The Morgan fingerprint density at radius 2 is 1.77 bits per heavy atom. The van der Waals surface area contributed by atoms with Gasteiger partial charge in [0.2, 0.25) is 11.8 Å². The third-order valence-corrected chi connectivity index (χ3v) is 5.08. The fraction of sp³-hybridized carbons (Fsp3) is 0.118. The van der Waals surface area contributed by atoms with Gasteiger partial charge in [-0.1, -0.05) is 23.5 Å². The van der Waals surface area contributed by atoms with Crippen LogP contribution in [0.4, 0.5) is 19.6 Å². The molecule has 0 saturated heterocycles. The summed E-state index contributed by atoms with van der Waals surface area (Å²) in [4.78, 5) is 27.9. The average molecular weight is 393 g/mol. The monoisotopic (exact) mass is 393 g/mol. The van der Waals surface area contributed by atoms with Gasteiger partial charge in [-0.05, 0) is 30.3 Å². The van der Waals surface area contributed by atoms with Crippen molar-refractivity contribution in [3.05, 3.63) is 54.1 Å². The maximum atomic E-state index is 13.4. The number of thioether (sulfide) groups is 1. The fourth-order valence-electron chi connectivity index (χ4n) is 2.09. The van der Waals surface area contributed by atoms with E-state index < -0.39 is 11.7 Å². The molecule has 1 heterocycles. The molecule has 26 heavy (non-hydrogen) atoms. The Balaban J connectivity index is 1.46. The van der Waals surface area contributed by atoms with Crippen LogP contribution in [-0.4, -0.2) is 28.3 Å². The van der Waals surface area contributed by atoms with Crippen LogP contribution in [0.15, 0.2) is 42.5 Å². The van der Waals surface area contributed by atoms with Crippen molar-refractivity contribution >= 4 is 55.9 Å². The molecule has 3 rings (SSSR count). The van der Waals surface area contributed by atoms with Crippen LogP contribution in [0.5, 0.6) is 0 Å². The molecule has 9 heteroatoms. The van der Waals surface area contributed by atoms with E-state index in [9.17, 15) is 18.4 Å². The molecule has 2 N–H and O–H groups in total. The van der Waals surface area contributed by atoms with Crippen molar-refractivity contribution in [2.75, 3.05) is 22.1 Å². The van der Waals surface area contributed by atoms with E-state index in [-0.39, 0.29) is 28.9 Å². The summed E-state index contributed by atoms with van der Waals surface area (Å²) in [5.41, 5.74) is 0.702. The van der Waals surface area contributed by atoms with Crippen molar-refractivity contribution in [2.45, 2.75) is 0 Å². The summed E-state index contributed by atoms with van der Waals surface area (Å²) in [6.07, 6.45) is 0. The molecule has 1 aromatic heterocycles. The minimum absolute atomic E-state index is 0.00676. The molecule has 0 aliphatic heterocycles. The quantitative estimate of drug-likeness (QED) is 0.667. The molecular formula is C17H13F2N3O2S2. The van der Waals surface area contributed by atoms with Crippen LogP contribution in [-0.2, 0) is 9.59 Å². The van der Waals surface area contributed by atoms with Crippen molar-refractivity contribution in [1.82, 2.24) is 4.98 Å². The highest BCUT2D eigenvalue weighted by Crippen LogP contribution is 2.26. The number of halogens is 2. The zero-order chi connectivity index (χ0) is 18.5. The van der Waals surface area contributed by atoms with E-state index in [1.165, 1.54) is 41.7 Å². The van der Waals surface area contributed by atoms with E-state index in [1.807, 2.05) is 0 Å². The number of carbonyl (C=O) groups is 2. The number of para-hydroxylation sites is 1. The lowest BCUT2D eigenvalue weighted by atomic mass is 10.3.